The van der Waals surface area contributed by atoms with Crippen molar-refractivity contribution < 1.29 is 9.84 Å². The minimum absolute atomic E-state index is 0.0478. The Balaban J connectivity index is 2.74. The van der Waals surface area contributed by atoms with Gasteiger partial charge >= 0.3 is 0 Å². The Morgan fingerprint density at radius 3 is 2.25 bits per heavy atom. The van der Waals surface area contributed by atoms with Crippen molar-refractivity contribution in [3.8, 4) is 0 Å². The summed E-state index contributed by atoms with van der Waals surface area (Å²) in [5, 5.41) is 8.89. The molecule has 1 aliphatic rings. The van der Waals surface area contributed by atoms with Crippen LogP contribution in [-0.4, -0.2) is 41.0 Å². The van der Waals surface area contributed by atoms with Crippen molar-refractivity contribution in [1.29, 1.82) is 0 Å². The van der Waals surface area contributed by atoms with Crippen LogP contribution in [0.3, 0.4) is 0 Å². The van der Waals surface area contributed by atoms with Crippen molar-refractivity contribution in [3.05, 3.63) is 0 Å². The first kappa shape index (κ1) is 9.96. The van der Waals surface area contributed by atoms with E-state index in [4.69, 9.17) is 9.84 Å². The van der Waals surface area contributed by atoms with Crippen LogP contribution in [0.25, 0.3) is 0 Å². The lowest BCUT2D eigenvalue weighted by Crippen LogP contribution is -2.50. The van der Waals surface area contributed by atoms with Gasteiger partial charge in [-0.3, -0.25) is 4.90 Å². The van der Waals surface area contributed by atoms with Gasteiger partial charge < -0.3 is 9.84 Å². The first-order valence-electron chi connectivity index (χ1n) is 4.43. The van der Waals surface area contributed by atoms with E-state index in [1.165, 1.54) is 0 Å². The SMILES string of the molecule is CC1(C)COC(C)(C)N1CCO. The van der Waals surface area contributed by atoms with Gasteiger partial charge in [-0.05, 0) is 27.7 Å². The second kappa shape index (κ2) is 2.98. The van der Waals surface area contributed by atoms with Gasteiger partial charge in [-0.1, -0.05) is 0 Å². The molecule has 3 heteroatoms. The van der Waals surface area contributed by atoms with Crippen LogP contribution in [0.1, 0.15) is 27.7 Å². The van der Waals surface area contributed by atoms with E-state index in [-0.39, 0.29) is 17.9 Å². The molecule has 1 aliphatic heterocycles. The smallest absolute Gasteiger partial charge is 0.116 e. The van der Waals surface area contributed by atoms with Gasteiger partial charge in [0.25, 0.3) is 0 Å². The maximum Gasteiger partial charge on any atom is 0.116 e. The highest BCUT2D eigenvalue weighted by atomic mass is 16.5. The molecule has 0 atom stereocenters. The molecule has 0 spiro atoms. The molecule has 1 rings (SSSR count). The molecule has 1 heterocycles. The molecule has 0 aliphatic carbocycles. The molecule has 12 heavy (non-hydrogen) atoms. The normalized spacial score (nSPS) is 27.8. The molecular weight excluding hydrogens is 154 g/mol. The van der Waals surface area contributed by atoms with Gasteiger partial charge in [0.2, 0.25) is 0 Å². The van der Waals surface area contributed by atoms with Crippen LogP contribution in [0.4, 0.5) is 0 Å². The lowest BCUT2D eigenvalue weighted by Gasteiger charge is -2.37. The quantitative estimate of drug-likeness (QED) is 0.671. The van der Waals surface area contributed by atoms with E-state index < -0.39 is 0 Å². The summed E-state index contributed by atoms with van der Waals surface area (Å²) >= 11 is 0. The van der Waals surface area contributed by atoms with E-state index in [1.807, 2.05) is 13.8 Å². The number of ether oxygens (including phenoxy) is 1. The molecule has 0 aromatic heterocycles. The van der Waals surface area contributed by atoms with Crippen molar-refractivity contribution in [2.75, 3.05) is 19.8 Å². The molecule has 0 aromatic rings. The zero-order chi connectivity index (χ0) is 9.41. The fraction of sp³-hybridized carbons (Fsp3) is 1.00. The van der Waals surface area contributed by atoms with Crippen LogP contribution < -0.4 is 0 Å². The molecule has 0 radical (unpaired) electrons. The average Bonchev–Trinajstić information content (AvgIpc) is 2.13. The summed E-state index contributed by atoms with van der Waals surface area (Å²) < 4.78 is 5.64. The molecular formula is C9H19NO2. The Kier molecular flexibility index (Phi) is 2.47. The minimum Gasteiger partial charge on any atom is -0.395 e. The van der Waals surface area contributed by atoms with Crippen molar-refractivity contribution in [2.24, 2.45) is 0 Å². The maximum absolute atomic E-state index is 8.89. The summed E-state index contributed by atoms with van der Waals surface area (Å²) in [7, 11) is 0. The van der Waals surface area contributed by atoms with Crippen molar-refractivity contribution in [2.45, 2.75) is 39.0 Å². The maximum atomic E-state index is 8.89. The summed E-state index contributed by atoms with van der Waals surface area (Å²) in [4.78, 5) is 2.19. The third-order valence-electron chi connectivity index (χ3n) is 2.48. The number of rotatable bonds is 2. The Hall–Kier alpha value is -0.120. The molecule has 3 nitrogen and oxygen atoms in total. The van der Waals surface area contributed by atoms with Crippen molar-refractivity contribution in [3.63, 3.8) is 0 Å². The molecule has 0 aromatic carbocycles. The average molecular weight is 173 g/mol. The van der Waals surface area contributed by atoms with E-state index in [2.05, 4.69) is 18.7 Å². The molecule has 1 saturated heterocycles. The standard InChI is InChI=1S/C9H19NO2/c1-8(2)7-12-9(3,4)10(8)5-6-11/h11H,5-7H2,1-4H3. The topological polar surface area (TPSA) is 32.7 Å². The number of aliphatic hydroxyl groups excluding tert-OH is 1. The highest BCUT2D eigenvalue weighted by Crippen LogP contribution is 2.33. The van der Waals surface area contributed by atoms with E-state index in [0.717, 1.165) is 6.61 Å². The van der Waals surface area contributed by atoms with Gasteiger partial charge in [0.1, 0.15) is 5.72 Å². The van der Waals surface area contributed by atoms with Crippen LogP contribution >= 0.6 is 0 Å². The predicted molar refractivity (Wildman–Crippen MR) is 47.9 cm³/mol. The van der Waals surface area contributed by atoms with Gasteiger partial charge in [0.15, 0.2) is 0 Å². The number of aliphatic hydroxyl groups is 1. The largest absolute Gasteiger partial charge is 0.395 e. The van der Waals surface area contributed by atoms with Gasteiger partial charge in [-0.15, -0.1) is 0 Å². The van der Waals surface area contributed by atoms with E-state index in [0.29, 0.717) is 6.54 Å². The minimum atomic E-state index is -0.230. The molecule has 1 N–H and O–H groups in total. The highest BCUT2D eigenvalue weighted by molar-refractivity contribution is 4.93. The van der Waals surface area contributed by atoms with Crippen LogP contribution in [-0.2, 0) is 4.74 Å². The Labute approximate surface area is 74.3 Å². The third-order valence-corrected chi connectivity index (χ3v) is 2.48. The van der Waals surface area contributed by atoms with Crippen molar-refractivity contribution in [1.82, 2.24) is 4.90 Å². The summed E-state index contributed by atoms with van der Waals surface area (Å²) in [6.07, 6.45) is 0. The predicted octanol–water partition coefficient (Wildman–Crippen LogP) is 0.826. The Bertz CT molecular complexity index is 150. The first-order valence-corrected chi connectivity index (χ1v) is 4.43. The number of nitrogens with zero attached hydrogens (tertiary/aromatic N) is 1. The lowest BCUT2D eigenvalue weighted by molar-refractivity contribution is -0.0634. The highest BCUT2D eigenvalue weighted by Gasteiger charge is 2.45. The first-order chi connectivity index (χ1) is 5.40. The molecule has 72 valence electrons. The van der Waals surface area contributed by atoms with E-state index in [9.17, 15) is 0 Å². The summed E-state index contributed by atoms with van der Waals surface area (Å²) in [5.74, 6) is 0. The number of β-amino-alcohol motifs (C(OH)–C–C–N with tert-alkyl or cyclic N) is 1. The van der Waals surface area contributed by atoms with E-state index >= 15 is 0 Å². The number of hydrogen-bond donors (Lipinski definition) is 1. The van der Waals surface area contributed by atoms with Gasteiger partial charge in [0, 0.05) is 12.1 Å². The summed E-state index contributed by atoms with van der Waals surface area (Å²) in [5.41, 5.74) is -0.182. The summed E-state index contributed by atoms with van der Waals surface area (Å²) in [6.45, 7) is 9.96. The number of hydrogen-bond acceptors (Lipinski definition) is 3. The second-order valence-electron chi connectivity index (χ2n) is 4.42. The molecule has 0 unspecified atom stereocenters. The Morgan fingerprint density at radius 2 is 1.92 bits per heavy atom. The monoisotopic (exact) mass is 173 g/mol. The molecule has 1 fully saturated rings. The second-order valence-corrected chi connectivity index (χ2v) is 4.42. The van der Waals surface area contributed by atoms with Crippen LogP contribution in [0, 0.1) is 0 Å². The molecule has 0 saturated carbocycles. The van der Waals surface area contributed by atoms with Gasteiger partial charge in [-0.2, -0.15) is 0 Å². The fourth-order valence-electron chi connectivity index (χ4n) is 1.91. The van der Waals surface area contributed by atoms with Crippen LogP contribution in [0.15, 0.2) is 0 Å². The van der Waals surface area contributed by atoms with E-state index in [1.54, 1.807) is 0 Å². The van der Waals surface area contributed by atoms with Crippen LogP contribution in [0.5, 0.6) is 0 Å². The Morgan fingerprint density at radius 1 is 1.33 bits per heavy atom. The fourth-order valence-corrected chi connectivity index (χ4v) is 1.91. The van der Waals surface area contributed by atoms with Gasteiger partial charge in [-0.25, -0.2) is 0 Å². The zero-order valence-electron chi connectivity index (χ0n) is 8.42. The lowest BCUT2D eigenvalue weighted by atomic mass is 10.0. The van der Waals surface area contributed by atoms with Crippen molar-refractivity contribution >= 4 is 0 Å². The summed E-state index contributed by atoms with van der Waals surface area (Å²) in [6, 6.07) is 0. The zero-order valence-corrected chi connectivity index (χ0v) is 8.42. The molecule has 0 bridgehead atoms. The van der Waals surface area contributed by atoms with Gasteiger partial charge in [0.05, 0.1) is 13.2 Å². The van der Waals surface area contributed by atoms with Crippen LogP contribution in [0.2, 0.25) is 0 Å². The third kappa shape index (κ3) is 1.63. The molecule has 0 amide bonds.